The molecule has 3 atom stereocenters. The van der Waals surface area contributed by atoms with E-state index in [9.17, 15) is 14.4 Å². The lowest BCUT2D eigenvalue weighted by atomic mass is 9.92. The van der Waals surface area contributed by atoms with Gasteiger partial charge < -0.3 is 20.2 Å². The van der Waals surface area contributed by atoms with Crippen molar-refractivity contribution in [1.29, 1.82) is 0 Å². The maximum atomic E-state index is 11.9. The van der Waals surface area contributed by atoms with Gasteiger partial charge in [0.05, 0.1) is 19.1 Å². The molecule has 7 nitrogen and oxygen atoms in total. The molecule has 35 heavy (non-hydrogen) atoms. The molecular formula is C28H55NO6. The smallest absolute Gasteiger partial charge is 0.306 e. The number of carbonyl (C=O) groups is 3. The maximum Gasteiger partial charge on any atom is 0.306 e. The van der Waals surface area contributed by atoms with Crippen molar-refractivity contribution in [3.8, 4) is 0 Å². The van der Waals surface area contributed by atoms with Crippen molar-refractivity contribution >= 4 is 17.7 Å². The zero-order valence-corrected chi connectivity index (χ0v) is 24.1. The van der Waals surface area contributed by atoms with E-state index in [0.717, 1.165) is 32.4 Å². The van der Waals surface area contributed by atoms with Crippen LogP contribution in [0.5, 0.6) is 0 Å². The first-order valence-electron chi connectivity index (χ1n) is 12.9. The molecule has 3 N–H and O–H groups in total. The van der Waals surface area contributed by atoms with Gasteiger partial charge in [-0.15, -0.1) is 0 Å². The molecular weight excluding hydrogens is 446 g/mol. The topological polar surface area (TPSA) is 115 Å². The van der Waals surface area contributed by atoms with Crippen LogP contribution in [0, 0.1) is 35.5 Å². The first-order valence-corrected chi connectivity index (χ1v) is 12.9. The second-order valence-corrected chi connectivity index (χ2v) is 11.0. The van der Waals surface area contributed by atoms with Crippen LogP contribution in [0.3, 0.4) is 0 Å². The molecule has 1 aliphatic heterocycles. The molecule has 0 radical (unpaired) electrons. The highest BCUT2D eigenvalue weighted by molar-refractivity contribution is 5.95. The number of carbonyl (C=O) groups excluding carboxylic acids is 2. The van der Waals surface area contributed by atoms with Crippen LogP contribution < -0.4 is 0 Å². The lowest BCUT2D eigenvalue weighted by molar-refractivity contribution is -0.141. The second kappa shape index (κ2) is 20.5. The first kappa shape index (κ1) is 37.8. The summed E-state index contributed by atoms with van der Waals surface area (Å²) in [6.45, 7) is 26.7. The van der Waals surface area contributed by atoms with Gasteiger partial charge in [-0.3, -0.25) is 14.4 Å². The third-order valence-corrected chi connectivity index (χ3v) is 5.51. The van der Waals surface area contributed by atoms with Gasteiger partial charge in [0, 0.05) is 24.9 Å². The molecule has 1 heterocycles. The third kappa shape index (κ3) is 20.2. The van der Waals surface area contributed by atoms with E-state index in [1.807, 2.05) is 32.6 Å². The van der Waals surface area contributed by atoms with Crippen LogP contribution in [-0.4, -0.2) is 59.4 Å². The van der Waals surface area contributed by atoms with Crippen LogP contribution in [0.25, 0.3) is 0 Å². The van der Waals surface area contributed by atoms with Crippen molar-refractivity contribution in [1.82, 2.24) is 4.90 Å². The number of hydrogen-bond acceptors (Lipinski definition) is 4. The Morgan fingerprint density at radius 2 is 1.14 bits per heavy atom. The van der Waals surface area contributed by atoms with Crippen molar-refractivity contribution < 1.29 is 29.7 Å². The van der Waals surface area contributed by atoms with E-state index < -0.39 is 5.97 Å². The summed E-state index contributed by atoms with van der Waals surface area (Å²) < 4.78 is 5.22. The third-order valence-electron chi connectivity index (χ3n) is 5.51. The molecule has 7 heteroatoms. The van der Waals surface area contributed by atoms with E-state index >= 15 is 0 Å². The van der Waals surface area contributed by atoms with E-state index in [4.69, 9.17) is 9.84 Å². The first-order chi connectivity index (χ1) is 15.6. The number of amides is 1. The highest BCUT2D eigenvalue weighted by Crippen LogP contribution is 2.15. The summed E-state index contributed by atoms with van der Waals surface area (Å²) in [7, 11) is 0. The van der Waals surface area contributed by atoms with Crippen LogP contribution >= 0.6 is 0 Å². The minimum absolute atomic E-state index is 0. The molecule has 1 amide bonds. The molecule has 208 valence electrons. The van der Waals surface area contributed by atoms with Crippen LogP contribution in [0.4, 0.5) is 0 Å². The fourth-order valence-electron chi connectivity index (χ4n) is 3.95. The molecule has 1 aliphatic rings. The van der Waals surface area contributed by atoms with Crippen molar-refractivity contribution in [2.75, 3.05) is 26.3 Å². The predicted molar refractivity (Wildman–Crippen MR) is 144 cm³/mol. The Hall–Kier alpha value is -1.73. The average molecular weight is 502 g/mol. The van der Waals surface area contributed by atoms with Gasteiger partial charge >= 0.3 is 5.97 Å². The fourth-order valence-corrected chi connectivity index (χ4v) is 3.95. The summed E-state index contributed by atoms with van der Waals surface area (Å²) in [4.78, 5) is 35.3. The minimum atomic E-state index is -0.691. The van der Waals surface area contributed by atoms with Gasteiger partial charge in [-0.2, -0.15) is 0 Å². The number of ether oxygens (including phenoxy) is 1. The maximum absolute atomic E-state index is 11.9. The van der Waals surface area contributed by atoms with Gasteiger partial charge in [0.1, 0.15) is 0 Å². The van der Waals surface area contributed by atoms with Gasteiger partial charge in [0.2, 0.25) is 5.91 Å². The van der Waals surface area contributed by atoms with Gasteiger partial charge in [-0.05, 0) is 49.5 Å². The number of carboxylic acids is 1. The Bertz CT molecular complexity index is 609. The summed E-state index contributed by atoms with van der Waals surface area (Å²) >= 11 is 0. The molecule has 0 aromatic heterocycles. The molecule has 0 aliphatic carbocycles. The SMILES string of the molecule is C=C(C)C(=O)[C@@H](C)CC(C)C.CC(C)C[C@H](C)C(=O)N1CCOCC1.CC(C)C[C@H](C)C(=O)O.O. The largest absolute Gasteiger partial charge is 0.481 e. The fraction of sp³-hybridized carbons (Fsp3) is 0.821. The molecule has 0 unspecified atom stereocenters. The minimum Gasteiger partial charge on any atom is -0.481 e. The number of aliphatic carboxylic acids is 1. The van der Waals surface area contributed by atoms with Crippen LogP contribution in [-0.2, 0) is 19.1 Å². The number of hydrogen-bond donors (Lipinski definition) is 1. The number of ketones is 1. The summed E-state index contributed by atoms with van der Waals surface area (Å²) in [5, 5.41) is 8.43. The summed E-state index contributed by atoms with van der Waals surface area (Å²) in [6, 6.07) is 0. The van der Waals surface area contributed by atoms with Gasteiger partial charge in [0.25, 0.3) is 0 Å². The number of nitrogens with zero attached hydrogens (tertiary/aromatic N) is 1. The van der Waals surface area contributed by atoms with Gasteiger partial charge in [-0.1, -0.05) is 68.9 Å². The standard InChI is InChI=1S/C11H21NO2.C10H18O.C7H14O2.H2O/c1-9(2)8-10(3)11(13)12-4-6-14-7-5-12;1-7(2)6-9(5)10(11)8(3)4;1-5(2)4-6(3)7(8)9;/h9-10H,4-8H2,1-3H3;7,9H,3,6H2,1-2,4-5H3;5-6H,4H2,1-3H3,(H,8,9);1H2/t10-;9-;6-;/m000./s1. The summed E-state index contributed by atoms with van der Waals surface area (Å²) in [5.41, 5.74) is 0.679. The zero-order valence-electron chi connectivity index (χ0n) is 24.1. The normalized spacial score (nSPS) is 15.6. The van der Waals surface area contributed by atoms with E-state index in [1.54, 1.807) is 13.8 Å². The van der Waals surface area contributed by atoms with Crippen molar-refractivity contribution in [3.05, 3.63) is 12.2 Å². The van der Waals surface area contributed by atoms with Crippen LogP contribution in [0.15, 0.2) is 12.2 Å². The van der Waals surface area contributed by atoms with Gasteiger partial charge in [-0.25, -0.2) is 0 Å². The van der Waals surface area contributed by atoms with Crippen molar-refractivity contribution in [3.63, 3.8) is 0 Å². The number of morpholine rings is 1. The molecule has 0 bridgehead atoms. The molecule has 0 saturated carbocycles. The lowest BCUT2D eigenvalue weighted by Gasteiger charge is -2.29. The Morgan fingerprint density at radius 3 is 1.46 bits per heavy atom. The van der Waals surface area contributed by atoms with E-state index in [2.05, 4.69) is 34.3 Å². The molecule has 1 saturated heterocycles. The molecule has 0 aromatic carbocycles. The van der Waals surface area contributed by atoms with E-state index in [-0.39, 0.29) is 29.0 Å². The van der Waals surface area contributed by atoms with Crippen LogP contribution in [0.2, 0.25) is 0 Å². The second-order valence-electron chi connectivity index (χ2n) is 11.0. The number of rotatable bonds is 10. The summed E-state index contributed by atoms with van der Waals surface area (Å²) in [6.07, 6.45) is 2.72. The zero-order chi connectivity index (χ0) is 27.0. The monoisotopic (exact) mass is 501 g/mol. The van der Waals surface area contributed by atoms with Gasteiger partial charge in [0.15, 0.2) is 5.78 Å². The quantitative estimate of drug-likeness (QED) is 0.409. The highest BCUT2D eigenvalue weighted by atomic mass is 16.5. The summed E-state index contributed by atoms with van der Waals surface area (Å²) in [5.74, 6) is 1.59. The van der Waals surface area contributed by atoms with Crippen molar-refractivity contribution in [2.45, 2.75) is 88.5 Å². The lowest BCUT2D eigenvalue weighted by Crippen LogP contribution is -2.43. The average Bonchev–Trinajstić information content (AvgIpc) is 2.72. The Kier molecular flexibility index (Phi) is 22.1. The number of allylic oxidation sites excluding steroid dienone is 1. The molecule has 0 aromatic rings. The van der Waals surface area contributed by atoms with Crippen LogP contribution in [0.1, 0.15) is 88.5 Å². The predicted octanol–water partition coefficient (Wildman–Crippen LogP) is 5.27. The number of carboxylic acid groups (broad SMARTS) is 1. The number of Topliss-reactive ketones (excluding diaryl/α,β-unsaturated/α-hetero) is 1. The van der Waals surface area contributed by atoms with E-state index in [1.165, 1.54) is 0 Å². The molecule has 0 spiro atoms. The molecule has 1 rings (SSSR count). The highest BCUT2D eigenvalue weighted by Gasteiger charge is 2.22. The Balaban J connectivity index is -0.000000445. The Morgan fingerprint density at radius 1 is 0.771 bits per heavy atom. The van der Waals surface area contributed by atoms with E-state index in [0.29, 0.717) is 42.4 Å². The van der Waals surface area contributed by atoms with Crippen molar-refractivity contribution in [2.24, 2.45) is 35.5 Å². The molecule has 1 fully saturated rings. The Labute approximate surface area is 215 Å².